The second kappa shape index (κ2) is 15.9. The molecule has 152 valence electrons. The molecule has 1 unspecified atom stereocenters. The van der Waals surface area contributed by atoms with Crippen LogP contribution in [0.25, 0.3) is 10.4 Å². The minimum atomic E-state index is -1.03. The summed E-state index contributed by atoms with van der Waals surface area (Å²) in [4.78, 5) is 23.2. The van der Waals surface area contributed by atoms with E-state index in [0.717, 1.165) is 25.7 Å². The first-order valence-electron chi connectivity index (χ1n) is 8.96. The maximum atomic E-state index is 10.5. The topological polar surface area (TPSA) is 185 Å². The van der Waals surface area contributed by atoms with Crippen LogP contribution in [0.4, 0.5) is 0 Å². The number of hydrogen-bond donors (Lipinski definition) is 4. The van der Waals surface area contributed by atoms with Gasteiger partial charge in [-0.15, -0.1) is 5.92 Å². The summed E-state index contributed by atoms with van der Waals surface area (Å²) in [5, 5.41) is 20.3. The van der Waals surface area contributed by atoms with E-state index in [-0.39, 0.29) is 12.7 Å². The van der Waals surface area contributed by atoms with Gasteiger partial charge in [-0.1, -0.05) is 23.9 Å². The van der Waals surface area contributed by atoms with Crippen molar-refractivity contribution in [3.63, 3.8) is 0 Å². The third-order valence-corrected chi connectivity index (χ3v) is 3.73. The van der Waals surface area contributed by atoms with E-state index >= 15 is 0 Å². The summed E-state index contributed by atoms with van der Waals surface area (Å²) < 4.78 is 5.36. The van der Waals surface area contributed by atoms with Crippen LogP contribution in [0.3, 0.4) is 0 Å². The molecule has 0 aromatic carbocycles. The number of aliphatic carboxylic acids is 2. The minimum absolute atomic E-state index is 0.0364. The molecule has 0 aromatic rings. The van der Waals surface area contributed by atoms with E-state index in [0.29, 0.717) is 25.8 Å². The van der Waals surface area contributed by atoms with Gasteiger partial charge in [-0.3, -0.25) is 9.59 Å². The lowest BCUT2D eigenvalue weighted by atomic mass is 10.1. The highest BCUT2D eigenvalue weighted by molar-refractivity contribution is 5.73. The van der Waals surface area contributed by atoms with Gasteiger partial charge in [0.2, 0.25) is 0 Å². The van der Waals surface area contributed by atoms with Gasteiger partial charge in [-0.2, -0.15) is 0 Å². The zero-order valence-electron chi connectivity index (χ0n) is 15.4. The summed E-state index contributed by atoms with van der Waals surface area (Å²) in [6, 6.07) is -1.74. The summed E-state index contributed by atoms with van der Waals surface area (Å²) in [5.41, 5.74) is 18.5. The number of hydrogen-bond acceptors (Lipinski definition) is 6. The number of rotatable bonds is 10. The number of nitrogens with zero attached hydrogens (tertiary/aromatic N) is 3. The van der Waals surface area contributed by atoms with E-state index in [9.17, 15) is 9.59 Å². The highest BCUT2D eigenvalue weighted by atomic mass is 16.5. The van der Waals surface area contributed by atoms with Crippen molar-refractivity contribution in [1.29, 1.82) is 0 Å². The molecule has 0 aliphatic heterocycles. The Bertz CT molecular complexity index is 554. The van der Waals surface area contributed by atoms with Crippen LogP contribution in [0.1, 0.15) is 51.4 Å². The molecule has 0 bridgehead atoms. The molecule has 0 heterocycles. The number of carboxylic acids is 2. The standard InChI is InChI=1S/C11H17NO3.C6H12N4O2/c12-10(11(13)14)8-15-9-6-4-2-1-3-5-7-9;7-5(6(11)12)3-1-2-4-9-10-8/h9-10H,1-4,6,8,12H2,(H,13,14);5H,1-4,7H2,(H,11,12)/t9?,10-;5-/m00/s1. The van der Waals surface area contributed by atoms with E-state index in [1.54, 1.807) is 0 Å². The van der Waals surface area contributed by atoms with Gasteiger partial charge < -0.3 is 26.4 Å². The Balaban J connectivity index is 0.000000516. The first-order valence-corrected chi connectivity index (χ1v) is 8.96. The molecule has 0 saturated heterocycles. The van der Waals surface area contributed by atoms with Gasteiger partial charge in [0.15, 0.2) is 0 Å². The number of carboxylic acid groups (broad SMARTS) is 2. The lowest BCUT2D eigenvalue weighted by Crippen LogP contribution is -2.36. The normalized spacial score (nSPS) is 18.1. The van der Waals surface area contributed by atoms with Crippen molar-refractivity contribution in [3.05, 3.63) is 10.4 Å². The van der Waals surface area contributed by atoms with Crippen molar-refractivity contribution in [1.82, 2.24) is 0 Å². The molecule has 0 fully saturated rings. The average Bonchev–Trinajstić information content (AvgIpc) is 2.60. The SMILES string of the molecule is N[C@@H](COC1C#CCCCCC1)C(=O)O.[N-]=[N+]=NCCCC[C@H](N)C(=O)O. The van der Waals surface area contributed by atoms with Crippen LogP contribution < -0.4 is 11.5 Å². The van der Waals surface area contributed by atoms with Gasteiger partial charge in [0, 0.05) is 17.9 Å². The van der Waals surface area contributed by atoms with E-state index < -0.39 is 24.0 Å². The van der Waals surface area contributed by atoms with Crippen LogP contribution in [0.2, 0.25) is 0 Å². The molecule has 3 atom stereocenters. The number of ether oxygens (including phenoxy) is 1. The van der Waals surface area contributed by atoms with Crippen LogP contribution in [-0.4, -0.2) is 53.5 Å². The second-order valence-corrected chi connectivity index (χ2v) is 6.08. The highest BCUT2D eigenvalue weighted by Gasteiger charge is 2.14. The summed E-state index contributed by atoms with van der Waals surface area (Å²) >= 11 is 0. The molecule has 1 rings (SSSR count). The van der Waals surface area contributed by atoms with E-state index in [4.69, 9.17) is 31.9 Å². The second-order valence-electron chi connectivity index (χ2n) is 6.08. The van der Waals surface area contributed by atoms with Gasteiger partial charge in [0.25, 0.3) is 0 Å². The van der Waals surface area contributed by atoms with E-state index in [1.165, 1.54) is 6.42 Å². The lowest BCUT2D eigenvalue weighted by Gasteiger charge is -2.15. The fourth-order valence-corrected chi connectivity index (χ4v) is 2.11. The number of nitrogens with two attached hydrogens (primary N) is 2. The number of carbonyl (C=O) groups is 2. The highest BCUT2D eigenvalue weighted by Crippen LogP contribution is 2.10. The maximum absolute atomic E-state index is 10.5. The third-order valence-electron chi connectivity index (χ3n) is 3.73. The van der Waals surface area contributed by atoms with Crippen LogP contribution in [0, 0.1) is 11.8 Å². The van der Waals surface area contributed by atoms with Gasteiger partial charge in [-0.25, -0.2) is 0 Å². The van der Waals surface area contributed by atoms with Crippen LogP contribution in [0.5, 0.6) is 0 Å². The largest absolute Gasteiger partial charge is 0.480 e. The zero-order valence-corrected chi connectivity index (χ0v) is 15.4. The molecule has 1 aliphatic carbocycles. The van der Waals surface area contributed by atoms with Crippen LogP contribution >= 0.6 is 0 Å². The molecular weight excluding hydrogens is 354 g/mol. The molecule has 0 radical (unpaired) electrons. The van der Waals surface area contributed by atoms with Crippen molar-refractivity contribution in [2.75, 3.05) is 13.2 Å². The Morgan fingerprint density at radius 3 is 2.52 bits per heavy atom. The molecule has 10 heteroatoms. The fourth-order valence-electron chi connectivity index (χ4n) is 2.11. The minimum Gasteiger partial charge on any atom is -0.480 e. The molecular formula is C17H29N5O5. The van der Waals surface area contributed by atoms with Crippen LogP contribution in [0.15, 0.2) is 5.11 Å². The molecule has 27 heavy (non-hydrogen) atoms. The summed E-state index contributed by atoms with van der Waals surface area (Å²) in [6.45, 7) is 0.442. The van der Waals surface area contributed by atoms with Crippen molar-refractivity contribution in [3.8, 4) is 11.8 Å². The van der Waals surface area contributed by atoms with Crippen molar-refractivity contribution >= 4 is 11.9 Å². The van der Waals surface area contributed by atoms with Crippen molar-refractivity contribution < 1.29 is 24.5 Å². The van der Waals surface area contributed by atoms with Gasteiger partial charge in [0.1, 0.15) is 18.2 Å². The fraction of sp³-hybridized carbons (Fsp3) is 0.765. The molecule has 0 spiro atoms. The quantitative estimate of drug-likeness (QED) is 0.145. The molecule has 10 nitrogen and oxygen atoms in total. The molecule has 0 saturated carbocycles. The van der Waals surface area contributed by atoms with Gasteiger partial charge in [-0.05, 0) is 37.6 Å². The maximum Gasteiger partial charge on any atom is 0.322 e. The number of unbranched alkanes of at least 4 members (excludes halogenated alkanes) is 1. The Kier molecular flexibility index (Phi) is 14.5. The van der Waals surface area contributed by atoms with E-state index in [2.05, 4.69) is 21.9 Å². The zero-order chi connectivity index (χ0) is 20.5. The van der Waals surface area contributed by atoms with Crippen LogP contribution in [-0.2, 0) is 14.3 Å². The Labute approximate surface area is 158 Å². The molecule has 0 aromatic heterocycles. The first kappa shape index (κ1) is 24.7. The first-order chi connectivity index (χ1) is 12.9. The Hall–Kier alpha value is -2.31. The Morgan fingerprint density at radius 2 is 1.89 bits per heavy atom. The van der Waals surface area contributed by atoms with Crippen molar-refractivity contribution in [2.24, 2.45) is 16.6 Å². The summed E-state index contributed by atoms with van der Waals surface area (Å²) in [7, 11) is 0. The third kappa shape index (κ3) is 14.5. The predicted octanol–water partition coefficient (Wildman–Crippen LogP) is 1.63. The van der Waals surface area contributed by atoms with Gasteiger partial charge in [0.05, 0.1) is 6.61 Å². The van der Waals surface area contributed by atoms with E-state index in [1.807, 2.05) is 0 Å². The van der Waals surface area contributed by atoms with Gasteiger partial charge >= 0.3 is 11.9 Å². The predicted molar refractivity (Wildman–Crippen MR) is 99.7 cm³/mol. The monoisotopic (exact) mass is 383 g/mol. The van der Waals surface area contributed by atoms with Crippen molar-refractivity contribution in [2.45, 2.75) is 69.6 Å². The molecule has 6 N–H and O–H groups in total. The summed E-state index contributed by atoms with van der Waals surface area (Å²) in [6.07, 6.45) is 6.82. The molecule has 1 aliphatic rings. The number of azide groups is 1. The lowest BCUT2D eigenvalue weighted by molar-refractivity contribution is -0.140. The summed E-state index contributed by atoms with van der Waals surface area (Å²) in [5.74, 6) is 4.00. The smallest absolute Gasteiger partial charge is 0.322 e. The Morgan fingerprint density at radius 1 is 1.19 bits per heavy atom. The average molecular weight is 383 g/mol. The molecule has 0 amide bonds.